The predicted octanol–water partition coefficient (Wildman–Crippen LogP) is 4.26. The SMILES string of the molecule is Cc1ccc2cccc(OCc3cccc(F)c3)c2n1. The molecule has 3 aromatic rings. The molecule has 100 valence electrons. The van der Waals surface area contributed by atoms with Gasteiger partial charge in [0.15, 0.2) is 0 Å². The second kappa shape index (κ2) is 5.29. The van der Waals surface area contributed by atoms with Gasteiger partial charge in [0.1, 0.15) is 23.7 Å². The van der Waals surface area contributed by atoms with Crippen LogP contribution in [0, 0.1) is 12.7 Å². The summed E-state index contributed by atoms with van der Waals surface area (Å²) >= 11 is 0. The van der Waals surface area contributed by atoms with Gasteiger partial charge < -0.3 is 4.74 Å². The Morgan fingerprint density at radius 2 is 1.90 bits per heavy atom. The molecule has 1 aromatic heterocycles. The predicted molar refractivity (Wildman–Crippen MR) is 77.2 cm³/mol. The van der Waals surface area contributed by atoms with E-state index in [9.17, 15) is 4.39 Å². The zero-order valence-electron chi connectivity index (χ0n) is 11.1. The molecule has 2 aromatic carbocycles. The minimum Gasteiger partial charge on any atom is -0.487 e. The minimum absolute atomic E-state index is 0.252. The van der Waals surface area contributed by atoms with E-state index in [0.29, 0.717) is 6.61 Å². The standard InChI is InChI=1S/C17H14FNO/c1-12-8-9-14-5-3-7-16(17(14)19-12)20-11-13-4-2-6-15(18)10-13/h2-10H,11H2,1H3. The highest BCUT2D eigenvalue weighted by molar-refractivity contribution is 5.84. The van der Waals surface area contributed by atoms with E-state index in [4.69, 9.17) is 4.74 Å². The third-order valence-corrected chi connectivity index (χ3v) is 3.11. The molecule has 0 fully saturated rings. The number of hydrogen-bond acceptors (Lipinski definition) is 2. The van der Waals surface area contributed by atoms with E-state index in [0.717, 1.165) is 27.9 Å². The molecule has 0 saturated heterocycles. The molecular formula is C17H14FNO. The normalized spacial score (nSPS) is 10.7. The summed E-state index contributed by atoms with van der Waals surface area (Å²) in [6.45, 7) is 2.27. The van der Waals surface area contributed by atoms with Gasteiger partial charge in [-0.15, -0.1) is 0 Å². The molecule has 3 rings (SSSR count). The summed E-state index contributed by atoms with van der Waals surface area (Å²) in [6, 6.07) is 16.2. The van der Waals surface area contributed by atoms with Crippen molar-refractivity contribution in [3.05, 3.63) is 71.7 Å². The van der Waals surface area contributed by atoms with Crippen LogP contribution in [0.15, 0.2) is 54.6 Å². The highest BCUT2D eigenvalue weighted by atomic mass is 19.1. The van der Waals surface area contributed by atoms with E-state index in [1.165, 1.54) is 12.1 Å². The molecule has 1 heterocycles. The van der Waals surface area contributed by atoms with Crippen molar-refractivity contribution in [2.24, 2.45) is 0 Å². The first-order valence-electron chi connectivity index (χ1n) is 6.46. The highest BCUT2D eigenvalue weighted by Crippen LogP contribution is 2.24. The van der Waals surface area contributed by atoms with Crippen molar-refractivity contribution in [2.45, 2.75) is 13.5 Å². The molecule has 0 aliphatic rings. The van der Waals surface area contributed by atoms with Gasteiger partial charge in [-0.1, -0.05) is 30.3 Å². The number of para-hydroxylation sites is 1. The van der Waals surface area contributed by atoms with Crippen molar-refractivity contribution in [2.75, 3.05) is 0 Å². The van der Waals surface area contributed by atoms with Gasteiger partial charge in [0.2, 0.25) is 0 Å². The van der Waals surface area contributed by atoms with Crippen LogP contribution < -0.4 is 4.74 Å². The van der Waals surface area contributed by atoms with Gasteiger partial charge >= 0.3 is 0 Å². The molecule has 0 N–H and O–H groups in total. The Hall–Kier alpha value is -2.42. The maximum absolute atomic E-state index is 13.1. The van der Waals surface area contributed by atoms with Crippen molar-refractivity contribution in [3.63, 3.8) is 0 Å². The molecule has 0 aliphatic carbocycles. The summed E-state index contributed by atoms with van der Waals surface area (Å²) in [4.78, 5) is 4.51. The van der Waals surface area contributed by atoms with Crippen LogP contribution >= 0.6 is 0 Å². The van der Waals surface area contributed by atoms with Gasteiger partial charge in [0.25, 0.3) is 0 Å². The van der Waals surface area contributed by atoms with E-state index in [1.54, 1.807) is 6.07 Å². The third-order valence-electron chi connectivity index (χ3n) is 3.11. The topological polar surface area (TPSA) is 22.1 Å². The first kappa shape index (κ1) is 12.6. The Kier molecular flexibility index (Phi) is 3.33. The van der Waals surface area contributed by atoms with Crippen molar-refractivity contribution in [1.82, 2.24) is 4.98 Å². The second-order valence-corrected chi connectivity index (χ2v) is 4.70. The maximum atomic E-state index is 13.1. The van der Waals surface area contributed by atoms with Gasteiger partial charge in [-0.25, -0.2) is 9.37 Å². The van der Waals surface area contributed by atoms with E-state index in [2.05, 4.69) is 4.98 Å². The Morgan fingerprint density at radius 1 is 1.05 bits per heavy atom. The van der Waals surface area contributed by atoms with Crippen LogP contribution in [-0.4, -0.2) is 4.98 Å². The monoisotopic (exact) mass is 267 g/mol. The molecule has 0 atom stereocenters. The number of aromatic nitrogens is 1. The summed E-state index contributed by atoms with van der Waals surface area (Å²) in [6.07, 6.45) is 0. The number of pyridine rings is 1. The highest BCUT2D eigenvalue weighted by Gasteiger charge is 2.04. The molecular weight excluding hydrogens is 253 g/mol. The Labute approximate surface area is 116 Å². The fraction of sp³-hybridized carbons (Fsp3) is 0.118. The van der Waals surface area contributed by atoms with Gasteiger partial charge in [-0.3, -0.25) is 0 Å². The fourth-order valence-corrected chi connectivity index (χ4v) is 2.12. The summed E-state index contributed by atoms with van der Waals surface area (Å²) in [5, 5.41) is 1.03. The number of aryl methyl sites for hydroxylation is 1. The van der Waals surface area contributed by atoms with Crippen molar-refractivity contribution >= 4 is 10.9 Å². The van der Waals surface area contributed by atoms with Crippen LogP contribution in [0.5, 0.6) is 5.75 Å². The van der Waals surface area contributed by atoms with Crippen molar-refractivity contribution in [3.8, 4) is 5.75 Å². The zero-order chi connectivity index (χ0) is 13.9. The molecule has 0 bridgehead atoms. The summed E-state index contributed by atoms with van der Waals surface area (Å²) in [7, 11) is 0. The first-order valence-corrected chi connectivity index (χ1v) is 6.46. The molecule has 0 radical (unpaired) electrons. The number of halogens is 1. The van der Waals surface area contributed by atoms with Crippen LogP contribution in [0.25, 0.3) is 10.9 Å². The summed E-state index contributed by atoms with van der Waals surface area (Å²) in [5.74, 6) is 0.466. The molecule has 0 spiro atoms. The average molecular weight is 267 g/mol. The lowest BCUT2D eigenvalue weighted by Gasteiger charge is -2.09. The molecule has 0 saturated carbocycles. The molecule has 3 heteroatoms. The molecule has 0 amide bonds. The Balaban J connectivity index is 1.89. The Bertz CT molecular complexity index is 755. The minimum atomic E-state index is -0.252. The fourth-order valence-electron chi connectivity index (χ4n) is 2.12. The number of rotatable bonds is 3. The second-order valence-electron chi connectivity index (χ2n) is 4.70. The Morgan fingerprint density at radius 3 is 2.75 bits per heavy atom. The van der Waals surface area contributed by atoms with E-state index in [1.807, 2.05) is 43.3 Å². The van der Waals surface area contributed by atoms with Crippen molar-refractivity contribution in [1.29, 1.82) is 0 Å². The smallest absolute Gasteiger partial charge is 0.146 e. The van der Waals surface area contributed by atoms with Crippen LogP contribution in [0.2, 0.25) is 0 Å². The zero-order valence-corrected chi connectivity index (χ0v) is 11.1. The third kappa shape index (κ3) is 2.62. The number of nitrogens with zero attached hydrogens (tertiary/aromatic N) is 1. The molecule has 0 aliphatic heterocycles. The van der Waals surface area contributed by atoms with E-state index in [-0.39, 0.29) is 5.82 Å². The van der Waals surface area contributed by atoms with E-state index >= 15 is 0 Å². The maximum Gasteiger partial charge on any atom is 0.146 e. The molecule has 2 nitrogen and oxygen atoms in total. The average Bonchev–Trinajstić information content (AvgIpc) is 2.45. The number of fused-ring (bicyclic) bond motifs is 1. The largest absolute Gasteiger partial charge is 0.487 e. The summed E-state index contributed by atoms with van der Waals surface area (Å²) in [5.41, 5.74) is 2.58. The van der Waals surface area contributed by atoms with Crippen molar-refractivity contribution < 1.29 is 9.13 Å². The first-order chi connectivity index (χ1) is 9.72. The number of hydrogen-bond donors (Lipinski definition) is 0. The molecule has 20 heavy (non-hydrogen) atoms. The van der Waals surface area contributed by atoms with Crippen LogP contribution in [0.4, 0.5) is 4.39 Å². The number of ether oxygens (including phenoxy) is 1. The lowest BCUT2D eigenvalue weighted by atomic mass is 10.2. The quantitative estimate of drug-likeness (QED) is 0.707. The van der Waals surface area contributed by atoms with Crippen LogP contribution in [0.1, 0.15) is 11.3 Å². The van der Waals surface area contributed by atoms with Gasteiger partial charge in [-0.05, 0) is 36.8 Å². The van der Waals surface area contributed by atoms with E-state index < -0.39 is 0 Å². The van der Waals surface area contributed by atoms with Crippen LogP contribution in [-0.2, 0) is 6.61 Å². The van der Waals surface area contributed by atoms with Gasteiger partial charge in [0.05, 0.1) is 0 Å². The summed E-state index contributed by atoms with van der Waals surface area (Å²) < 4.78 is 18.9. The number of benzene rings is 2. The lowest BCUT2D eigenvalue weighted by molar-refractivity contribution is 0.308. The van der Waals surface area contributed by atoms with Gasteiger partial charge in [0, 0.05) is 11.1 Å². The molecule has 0 unspecified atom stereocenters. The van der Waals surface area contributed by atoms with Crippen LogP contribution in [0.3, 0.4) is 0 Å². The van der Waals surface area contributed by atoms with Gasteiger partial charge in [-0.2, -0.15) is 0 Å². The lowest BCUT2D eigenvalue weighted by Crippen LogP contribution is -1.97.